The molecular formula is C29H29N. The Labute approximate surface area is 180 Å². The summed E-state index contributed by atoms with van der Waals surface area (Å²) in [6.07, 6.45) is 0. The molecule has 1 nitrogen and oxygen atoms in total. The Morgan fingerprint density at radius 2 is 1.03 bits per heavy atom. The maximum Gasteiger partial charge on any atom is 0.0467 e. The van der Waals surface area contributed by atoms with Crippen LogP contribution in [0.5, 0.6) is 0 Å². The molecule has 0 N–H and O–H groups in total. The van der Waals surface area contributed by atoms with Crippen LogP contribution in [0, 0.1) is 13.8 Å². The molecule has 30 heavy (non-hydrogen) atoms. The number of hydrogen-bond acceptors (Lipinski definition) is 1. The van der Waals surface area contributed by atoms with Crippen LogP contribution in [-0.2, 0) is 0 Å². The summed E-state index contributed by atoms with van der Waals surface area (Å²) in [5.41, 5.74) is 9.89. The predicted octanol–water partition coefficient (Wildman–Crippen LogP) is 8.56. The minimum absolute atomic E-state index is 0.518. The van der Waals surface area contributed by atoms with Crippen molar-refractivity contribution in [1.29, 1.82) is 0 Å². The van der Waals surface area contributed by atoms with E-state index >= 15 is 0 Å². The molecular weight excluding hydrogens is 362 g/mol. The van der Waals surface area contributed by atoms with Crippen LogP contribution in [0.25, 0.3) is 11.1 Å². The van der Waals surface area contributed by atoms with Crippen molar-refractivity contribution in [2.24, 2.45) is 0 Å². The van der Waals surface area contributed by atoms with E-state index in [4.69, 9.17) is 0 Å². The minimum Gasteiger partial charge on any atom is -0.310 e. The lowest BCUT2D eigenvalue weighted by atomic mass is 9.97. The van der Waals surface area contributed by atoms with Crippen LogP contribution in [0.3, 0.4) is 0 Å². The van der Waals surface area contributed by atoms with E-state index in [1.54, 1.807) is 0 Å². The van der Waals surface area contributed by atoms with Crippen molar-refractivity contribution in [2.75, 3.05) is 4.90 Å². The first kappa shape index (κ1) is 20.0. The molecule has 0 heterocycles. The van der Waals surface area contributed by atoms with Crippen molar-refractivity contribution in [1.82, 2.24) is 0 Å². The van der Waals surface area contributed by atoms with Crippen molar-refractivity contribution in [2.45, 2.75) is 33.6 Å². The Bertz CT molecular complexity index is 1080. The predicted molar refractivity (Wildman–Crippen MR) is 130 cm³/mol. The second kappa shape index (κ2) is 8.59. The average molecular weight is 392 g/mol. The zero-order valence-corrected chi connectivity index (χ0v) is 18.3. The third-order valence-corrected chi connectivity index (χ3v) is 5.58. The van der Waals surface area contributed by atoms with Gasteiger partial charge in [-0.1, -0.05) is 85.6 Å². The fourth-order valence-electron chi connectivity index (χ4n) is 3.74. The molecule has 0 aliphatic heterocycles. The van der Waals surface area contributed by atoms with Gasteiger partial charge in [-0.15, -0.1) is 0 Å². The van der Waals surface area contributed by atoms with Crippen LogP contribution in [0.4, 0.5) is 17.1 Å². The first-order chi connectivity index (χ1) is 14.5. The fourth-order valence-corrected chi connectivity index (χ4v) is 3.74. The van der Waals surface area contributed by atoms with Crippen molar-refractivity contribution in [3.63, 3.8) is 0 Å². The van der Waals surface area contributed by atoms with Crippen LogP contribution < -0.4 is 4.90 Å². The van der Waals surface area contributed by atoms with E-state index in [0.717, 1.165) is 17.1 Å². The quantitative estimate of drug-likeness (QED) is 0.329. The summed E-state index contributed by atoms with van der Waals surface area (Å²) < 4.78 is 0. The summed E-state index contributed by atoms with van der Waals surface area (Å²) >= 11 is 0. The van der Waals surface area contributed by atoms with E-state index in [0.29, 0.717) is 5.92 Å². The number of rotatable bonds is 5. The molecule has 0 fully saturated rings. The van der Waals surface area contributed by atoms with Crippen molar-refractivity contribution >= 4 is 17.1 Å². The summed E-state index contributed by atoms with van der Waals surface area (Å²) in [7, 11) is 0. The molecule has 4 rings (SSSR count). The molecule has 0 unspecified atom stereocenters. The highest BCUT2D eigenvalue weighted by Gasteiger charge is 2.13. The van der Waals surface area contributed by atoms with Gasteiger partial charge in [0.2, 0.25) is 0 Å². The fraction of sp³-hybridized carbons (Fsp3) is 0.172. The van der Waals surface area contributed by atoms with Gasteiger partial charge in [-0.25, -0.2) is 0 Å². The van der Waals surface area contributed by atoms with E-state index in [1.165, 1.54) is 27.8 Å². The van der Waals surface area contributed by atoms with Gasteiger partial charge in [0.1, 0.15) is 0 Å². The Kier molecular flexibility index (Phi) is 5.72. The molecule has 0 aliphatic rings. The number of benzene rings is 4. The second-order valence-corrected chi connectivity index (χ2v) is 8.34. The Hall–Kier alpha value is -3.32. The maximum atomic E-state index is 2.33. The molecule has 0 spiro atoms. The topological polar surface area (TPSA) is 3.24 Å². The van der Waals surface area contributed by atoms with Crippen LogP contribution in [0.2, 0.25) is 0 Å². The molecule has 0 bridgehead atoms. The van der Waals surface area contributed by atoms with Gasteiger partial charge >= 0.3 is 0 Å². The summed E-state index contributed by atoms with van der Waals surface area (Å²) in [4.78, 5) is 2.33. The smallest absolute Gasteiger partial charge is 0.0467 e. The first-order valence-corrected chi connectivity index (χ1v) is 10.6. The van der Waals surface area contributed by atoms with Crippen molar-refractivity contribution < 1.29 is 0 Å². The molecule has 150 valence electrons. The van der Waals surface area contributed by atoms with Gasteiger partial charge in [-0.2, -0.15) is 0 Å². The highest BCUT2D eigenvalue weighted by molar-refractivity contribution is 5.80. The van der Waals surface area contributed by atoms with E-state index in [9.17, 15) is 0 Å². The lowest BCUT2D eigenvalue weighted by Crippen LogP contribution is -2.10. The molecule has 1 heteroatoms. The third-order valence-electron chi connectivity index (χ3n) is 5.58. The third kappa shape index (κ3) is 4.31. The highest BCUT2D eigenvalue weighted by atomic mass is 15.1. The van der Waals surface area contributed by atoms with Gasteiger partial charge in [-0.3, -0.25) is 0 Å². The van der Waals surface area contributed by atoms with Gasteiger partial charge in [-0.05, 0) is 72.9 Å². The summed E-state index contributed by atoms with van der Waals surface area (Å²) in [6.45, 7) is 8.74. The van der Waals surface area contributed by atoms with Gasteiger partial charge in [0.15, 0.2) is 0 Å². The Morgan fingerprint density at radius 3 is 1.57 bits per heavy atom. The number of anilines is 3. The van der Waals surface area contributed by atoms with Crippen LogP contribution in [0.1, 0.15) is 36.5 Å². The SMILES string of the molecule is Cc1ccc(N(c2ccc(C)cc2)c2cccc(-c3cccc(C(C)C)c3)c2)cc1. The molecule has 0 saturated heterocycles. The van der Waals surface area contributed by atoms with E-state index < -0.39 is 0 Å². The Balaban J connectivity index is 1.81. The zero-order chi connectivity index (χ0) is 21.1. The van der Waals surface area contributed by atoms with Crippen LogP contribution >= 0.6 is 0 Å². The lowest BCUT2D eigenvalue weighted by molar-refractivity contribution is 0.867. The second-order valence-electron chi connectivity index (χ2n) is 8.34. The number of nitrogens with zero attached hydrogens (tertiary/aromatic N) is 1. The van der Waals surface area contributed by atoms with Gasteiger partial charge in [0, 0.05) is 17.1 Å². The highest BCUT2D eigenvalue weighted by Crippen LogP contribution is 2.37. The van der Waals surface area contributed by atoms with Gasteiger partial charge in [0.25, 0.3) is 0 Å². The van der Waals surface area contributed by atoms with Gasteiger partial charge in [0.05, 0.1) is 0 Å². The maximum absolute atomic E-state index is 2.33. The lowest BCUT2D eigenvalue weighted by Gasteiger charge is -2.26. The number of aryl methyl sites for hydroxylation is 2. The molecule has 0 saturated carbocycles. The first-order valence-electron chi connectivity index (χ1n) is 10.6. The van der Waals surface area contributed by atoms with Gasteiger partial charge < -0.3 is 4.90 Å². The largest absolute Gasteiger partial charge is 0.310 e. The van der Waals surface area contributed by atoms with E-state index in [1.807, 2.05) is 0 Å². The van der Waals surface area contributed by atoms with Crippen molar-refractivity contribution in [3.05, 3.63) is 114 Å². The molecule has 4 aromatic rings. The zero-order valence-electron chi connectivity index (χ0n) is 18.3. The molecule has 0 aromatic heterocycles. The summed E-state index contributed by atoms with van der Waals surface area (Å²) in [5, 5.41) is 0. The minimum atomic E-state index is 0.518. The average Bonchev–Trinajstić information content (AvgIpc) is 2.77. The Morgan fingerprint density at radius 1 is 0.533 bits per heavy atom. The number of hydrogen-bond donors (Lipinski definition) is 0. The molecule has 0 aliphatic carbocycles. The van der Waals surface area contributed by atoms with Crippen molar-refractivity contribution in [3.8, 4) is 11.1 Å². The van der Waals surface area contributed by atoms with Crippen LogP contribution in [-0.4, -0.2) is 0 Å². The summed E-state index contributed by atoms with van der Waals surface area (Å²) in [6, 6.07) is 35.2. The van der Waals surface area contributed by atoms with E-state index in [-0.39, 0.29) is 0 Å². The summed E-state index contributed by atoms with van der Waals surface area (Å²) in [5.74, 6) is 0.518. The molecule has 0 amide bonds. The molecule has 0 radical (unpaired) electrons. The standard InChI is InChI=1S/C29H29N/c1-21(2)24-7-5-8-25(19-24)26-9-6-10-29(20-26)30(27-15-11-22(3)12-16-27)28-17-13-23(4)14-18-28/h5-21H,1-4H3. The molecule has 0 atom stereocenters. The van der Waals surface area contributed by atoms with E-state index in [2.05, 4.69) is 130 Å². The normalized spacial score (nSPS) is 11.0. The van der Waals surface area contributed by atoms with Crippen LogP contribution in [0.15, 0.2) is 97.1 Å². The monoisotopic (exact) mass is 391 g/mol. The molecule has 4 aromatic carbocycles.